The lowest BCUT2D eigenvalue weighted by atomic mass is 10.1. The fourth-order valence-corrected chi connectivity index (χ4v) is 4.62. The smallest absolute Gasteiger partial charge is 0.323 e. The molecule has 9 heteroatoms. The van der Waals surface area contributed by atoms with E-state index < -0.39 is 12.5 Å². The fourth-order valence-electron chi connectivity index (χ4n) is 4.62. The third-order valence-electron chi connectivity index (χ3n) is 6.35. The maximum absolute atomic E-state index is 12.9. The maximum atomic E-state index is 12.9. The van der Waals surface area contributed by atoms with Crippen molar-refractivity contribution in [2.24, 2.45) is 12.8 Å². The van der Waals surface area contributed by atoms with Gasteiger partial charge in [0.25, 0.3) is 0 Å². The van der Waals surface area contributed by atoms with E-state index in [1.807, 2.05) is 49.5 Å². The molecule has 1 aromatic heterocycles. The van der Waals surface area contributed by atoms with E-state index in [2.05, 4.69) is 16.0 Å². The molecule has 2 aromatic carbocycles. The maximum Gasteiger partial charge on any atom is 0.323 e. The Labute approximate surface area is 204 Å². The molecule has 0 unspecified atom stereocenters. The SMILES string of the molecule is Cl.Cn1c(Cc2ccc(C(=N)N)cc2)cc2cc(N(C(=O)NCC(=O)O)C3CCCC3)ccc21. The summed E-state index contributed by atoms with van der Waals surface area (Å²) in [6.07, 6.45) is 4.68. The minimum absolute atomic E-state index is 0. The Bertz CT molecular complexity index is 1200. The monoisotopic (exact) mass is 483 g/mol. The Morgan fingerprint density at radius 3 is 2.44 bits per heavy atom. The number of aryl methyl sites for hydroxylation is 1. The number of benzene rings is 2. The Hall–Kier alpha value is -3.52. The summed E-state index contributed by atoms with van der Waals surface area (Å²) in [7, 11) is 2.02. The highest BCUT2D eigenvalue weighted by Crippen LogP contribution is 2.31. The van der Waals surface area contributed by atoms with E-state index in [1.165, 1.54) is 0 Å². The number of rotatable bonds is 7. The molecule has 5 N–H and O–H groups in total. The number of carboxylic acid groups (broad SMARTS) is 1. The number of carboxylic acids is 1. The minimum Gasteiger partial charge on any atom is -0.480 e. The number of hydrogen-bond acceptors (Lipinski definition) is 3. The fraction of sp³-hybridized carbons (Fsp3) is 0.320. The van der Waals surface area contributed by atoms with E-state index in [0.717, 1.165) is 60.0 Å². The molecule has 1 fully saturated rings. The van der Waals surface area contributed by atoms with Crippen LogP contribution in [0.2, 0.25) is 0 Å². The van der Waals surface area contributed by atoms with Crippen LogP contribution in [0.5, 0.6) is 0 Å². The molecule has 0 radical (unpaired) electrons. The number of fused-ring (bicyclic) bond motifs is 1. The zero-order chi connectivity index (χ0) is 23.5. The molecule has 1 aliphatic carbocycles. The van der Waals surface area contributed by atoms with Gasteiger partial charge in [-0.1, -0.05) is 37.1 Å². The van der Waals surface area contributed by atoms with Crippen molar-refractivity contribution in [1.29, 1.82) is 5.41 Å². The van der Waals surface area contributed by atoms with Crippen LogP contribution in [0.25, 0.3) is 10.9 Å². The van der Waals surface area contributed by atoms with Gasteiger partial charge < -0.3 is 20.7 Å². The molecule has 3 aromatic rings. The zero-order valence-electron chi connectivity index (χ0n) is 19.1. The van der Waals surface area contributed by atoms with E-state index in [9.17, 15) is 9.59 Å². The standard InChI is InChI=1S/C25H29N5O3.ClH/c1-29-21(12-16-6-8-17(9-7-16)24(26)27)14-18-13-20(10-11-22(18)29)30(19-4-2-3-5-19)25(33)28-15-23(31)32;/h6-11,13-14,19H,2-5,12,15H2,1H3,(H3,26,27)(H,28,33)(H,31,32);1H. The summed E-state index contributed by atoms with van der Waals surface area (Å²) in [6.45, 7) is -0.401. The van der Waals surface area contributed by atoms with Gasteiger partial charge in [0.1, 0.15) is 12.4 Å². The number of nitrogens with two attached hydrogens (primary N) is 1. The largest absolute Gasteiger partial charge is 0.480 e. The van der Waals surface area contributed by atoms with E-state index in [1.54, 1.807) is 4.90 Å². The normalized spacial score (nSPS) is 13.4. The molecule has 1 aliphatic rings. The summed E-state index contributed by atoms with van der Waals surface area (Å²) < 4.78 is 2.14. The number of aromatic nitrogens is 1. The van der Waals surface area contributed by atoms with Crippen LogP contribution in [-0.2, 0) is 18.3 Å². The van der Waals surface area contributed by atoms with Crippen molar-refractivity contribution < 1.29 is 14.7 Å². The number of halogens is 1. The number of carbonyl (C=O) groups excluding carboxylic acids is 1. The van der Waals surface area contributed by atoms with Crippen LogP contribution in [0.15, 0.2) is 48.5 Å². The van der Waals surface area contributed by atoms with Crippen LogP contribution in [0.1, 0.15) is 42.5 Å². The number of anilines is 1. The summed E-state index contributed by atoms with van der Waals surface area (Å²) >= 11 is 0. The van der Waals surface area contributed by atoms with Crippen LogP contribution < -0.4 is 16.0 Å². The lowest BCUT2D eigenvalue weighted by Gasteiger charge is -2.29. The highest BCUT2D eigenvalue weighted by Gasteiger charge is 2.28. The van der Waals surface area contributed by atoms with Crippen molar-refractivity contribution in [3.8, 4) is 0 Å². The van der Waals surface area contributed by atoms with E-state index >= 15 is 0 Å². The van der Waals surface area contributed by atoms with E-state index in [0.29, 0.717) is 5.56 Å². The average Bonchev–Trinajstić information content (AvgIpc) is 3.41. The summed E-state index contributed by atoms with van der Waals surface area (Å²) in [6, 6.07) is 15.5. The van der Waals surface area contributed by atoms with Crippen LogP contribution in [-0.4, -0.2) is 40.1 Å². The molecule has 1 saturated carbocycles. The van der Waals surface area contributed by atoms with Gasteiger partial charge in [-0.2, -0.15) is 0 Å². The molecular formula is C25H30ClN5O3. The van der Waals surface area contributed by atoms with Gasteiger partial charge in [-0.25, -0.2) is 4.79 Å². The molecule has 0 spiro atoms. The topological polar surface area (TPSA) is 124 Å². The number of amides is 2. The number of amidine groups is 1. The Morgan fingerprint density at radius 2 is 1.82 bits per heavy atom. The number of carbonyl (C=O) groups is 2. The molecule has 0 aliphatic heterocycles. The molecule has 1 heterocycles. The van der Waals surface area contributed by atoms with Gasteiger partial charge in [0.05, 0.1) is 0 Å². The lowest BCUT2D eigenvalue weighted by Crippen LogP contribution is -2.46. The lowest BCUT2D eigenvalue weighted by molar-refractivity contribution is -0.135. The predicted octanol–water partition coefficient (Wildman–Crippen LogP) is 4.02. The summed E-state index contributed by atoms with van der Waals surface area (Å²) in [5.41, 5.74) is 10.3. The summed E-state index contributed by atoms with van der Waals surface area (Å²) in [4.78, 5) is 25.6. The predicted molar refractivity (Wildman–Crippen MR) is 136 cm³/mol. The first kappa shape index (κ1) is 25.1. The molecule has 8 nitrogen and oxygen atoms in total. The number of urea groups is 1. The number of nitrogen functional groups attached to an aromatic ring is 1. The second-order valence-electron chi connectivity index (χ2n) is 8.59. The van der Waals surface area contributed by atoms with Crippen molar-refractivity contribution in [3.05, 3.63) is 65.4 Å². The van der Waals surface area contributed by atoms with Crippen LogP contribution in [0.3, 0.4) is 0 Å². The second kappa shape index (κ2) is 10.6. The van der Waals surface area contributed by atoms with Gasteiger partial charge >= 0.3 is 12.0 Å². The molecule has 180 valence electrons. The van der Waals surface area contributed by atoms with Gasteiger partial charge in [0, 0.05) is 47.4 Å². The van der Waals surface area contributed by atoms with Gasteiger partial charge in [-0.05, 0) is 42.7 Å². The first-order valence-electron chi connectivity index (χ1n) is 11.1. The van der Waals surface area contributed by atoms with Crippen molar-refractivity contribution >= 4 is 46.8 Å². The van der Waals surface area contributed by atoms with Crippen molar-refractivity contribution in [2.75, 3.05) is 11.4 Å². The number of aliphatic carboxylic acids is 1. The van der Waals surface area contributed by atoms with Crippen molar-refractivity contribution in [2.45, 2.75) is 38.1 Å². The molecule has 4 rings (SSSR count). The minimum atomic E-state index is -1.06. The van der Waals surface area contributed by atoms with Gasteiger partial charge in [0.2, 0.25) is 0 Å². The second-order valence-corrected chi connectivity index (χ2v) is 8.59. The third kappa shape index (κ3) is 5.34. The number of nitrogens with one attached hydrogen (secondary N) is 2. The van der Waals surface area contributed by atoms with E-state index in [4.69, 9.17) is 16.2 Å². The number of hydrogen-bond donors (Lipinski definition) is 4. The van der Waals surface area contributed by atoms with Crippen molar-refractivity contribution in [3.63, 3.8) is 0 Å². The van der Waals surface area contributed by atoms with Gasteiger partial charge in [0.15, 0.2) is 0 Å². The van der Waals surface area contributed by atoms with Crippen LogP contribution in [0, 0.1) is 5.41 Å². The first-order chi connectivity index (χ1) is 15.8. The average molecular weight is 484 g/mol. The Kier molecular flexibility index (Phi) is 7.83. The van der Waals surface area contributed by atoms with Gasteiger partial charge in [-0.3, -0.25) is 15.1 Å². The van der Waals surface area contributed by atoms with Crippen LogP contribution >= 0.6 is 12.4 Å². The highest BCUT2D eigenvalue weighted by atomic mass is 35.5. The molecule has 0 atom stereocenters. The molecule has 0 bridgehead atoms. The Morgan fingerprint density at radius 1 is 1.15 bits per heavy atom. The molecular weight excluding hydrogens is 454 g/mol. The Balaban J connectivity index is 0.00000324. The van der Waals surface area contributed by atoms with Gasteiger partial charge in [-0.15, -0.1) is 12.4 Å². The van der Waals surface area contributed by atoms with Crippen molar-refractivity contribution in [1.82, 2.24) is 9.88 Å². The quantitative estimate of drug-likeness (QED) is 0.299. The van der Waals surface area contributed by atoms with Crippen LogP contribution in [0.4, 0.5) is 10.5 Å². The summed E-state index contributed by atoms with van der Waals surface area (Å²) in [5.74, 6) is -1.01. The van der Waals surface area contributed by atoms with E-state index in [-0.39, 0.29) is 30.3 Å². The highest BCUT2D eigenvalue weighted by molar-refractivity contribution is 5.97. The number of nitrogens with zero attached hydrogens (tertiary/aromatic N) is 2. The molecule has 34 heavy (non-hydrogen) atoms. The third-order valence-corrected chi connectivity index (χ3v) is 6.35. The molecule has 2 amide bonds. The first-order valence-corrected chi connectivity index (χ1v) is 11.1. The molecule has 0 saturated heterocycles. The zero-order valence-corrected chi connectivity index (χ0v) is 19.9. The summed E-state index contributed by atoms with van der Waals surface area (Å²) in [5, 5.41) is 20.1.